The minimum atomic E-state index is -1.48. The largest absolute Gasteiger partial charge is 0.383 e. The molecule has 1 rings (SSSR count). The van der Waals surface area contributed by atoms with Gasteiger partial charge in [-0.05, 0) is 15.9 Å². The van der Waals surface area contributed by atoms with Crippen LogP contribution in [-0.2, 0) is 0 Å². The number of aromatic nitrogens is 2. The van der Waals surface area contributed by atoms with Crippen molar-refractivity contribution in [1.82, 2.24) is 9.97 Å². The number of hydrogen-bond donors (Lipinski definition) is 2. The Balaban J connectivity index is 2.84. The molecule has 0 fully saturated rings. The van der Waals surface area contributed by atoms with Crippen LogP contribution in [0.4, 0.5) is 0 Å². The van der Waals surface area contributed by atoms with Gasteiger partial charge in [0, 0.05) is 0 Å². The van der Waals surface area contributed by atoms with E-state index in [1.807, 2.05) is 0 Å². The second-order valence-electron chi connectivity index (χ2n) is 2.28. The van der Waals surface area contributed by atoms with Gasteiger partial charge in [-0.3, -0.25) is 4.98 Å². The zero-order valence-corrected chi connectivity index (χ0v) is 8.01. The standard InChI is InChI=1S/C7H6BrN3O2/c8-6-3-10-4(2-11-6)7(13)5(12)1-9/h2-3,5,7,12-13H. The molecule has 2 unspecified atom stereocenters. The summed E-state index contributed by atoms with van der Waals surface area (Å²) in [6, 6.07) is 1.50. The molecule has 0 saturated heterocycles. The van der Waals surface area contributed by atoms with Gasteiger partial charge in [-0.2, -0.15) is 5.26 Å². The fraction of sp³-hybridized carbons (Fsp3) is 0.286. The zero-order valence-electron chi connectivity index (χ0n) is 6.42. The quantitative estimate of drug-likeness (QED) is 0.723. The van der Waals surface area contributed by atoms with Crippen molar-refractivity contribution in [3.8, 4) is 6.07 Å². The van der Waals surface area contributed by atoms with Gasteiger partial charge >= 0.3 is 0 Å². The van der Waals surface area contributed by atoms with Crippen molar-refractivity contribution in [3.63, 3.8) is 0 Å². The molecule has 1 heterocycles. The molecule has 2 atom stereocenters. The van der Waals surface area contributed by atoms with Gasteiger partial charge in [0.25, 0.3) is 0 Å². The molecular formula is C7H6BrN3O2. The van der Waals surface area contributed by atoms with Crippen molar-refractivity contribution in [2.24, 2.45) is 0 Å². The van der Waals surface area contributed by atoms with E-state index in [0.29, 0.717) is 4.60 Å². The van der Waals surface area contributed by atoms with Gasteiger partial charge in [0.05, 0.1) is 24.2 Å². The van der Waals surface area contributed by atoms with Crippen LogP contribution >= 0.6 is 15.9 Å². The van der Waals surface area contributed by atoms with E-state index in [4.69, 9.17) is 10.4 Å². The lowest BCUT2D eigenvalue weighted by Crippen LogP contribution is -2.17. The number of aliphatic hydroxyl groups is 2. The van der Waals surface area contributed by atoms with Gasteiger partial charge in [-0.25, -0.2) is 4.98 Å². The van der Waals surface area contributed by atoms with Crippen LogP contribution in [0, 0.1) is 11.3 Å². The molecule has 0 radical (unpaired) electrons. The van der Waals surface area contributed by atoms with Gasteiger partial charge < -0.3 is 10.2 Å². The molecule has 6 heteroatoms. The van der Waals surface area contributed by atoms with Gasteiger partial charge in [0.1, 0.15) is 10.7 Å². The summed E-state index contributed by atoms with van der Waals surface area (Å²) in [7, 11) is 0. The Morgan fingerprint density at radius 1 is 1.38 bits per heavy atom. The van der Waals surface area contributed by atoms with Crippen LogP contribution in [0.15, 0.2) is 17.0 Å². The third-order valence-corrected chi connectivity index (χ3v) is 1.78. The topological polar surface area (TPSA) is 90.0 Å². The highest BCUT2D eigenvalue weighted by atomic mass is 79.9. The summed E-state index contributed by atoms with van der Waals surface area (Å²) >= 11 is 3.07. The molecule has 0 aliphatic rings. The molecule has 1 aromatic heterocycles. The van der Waals surface area contributed by atoms with Crippen molar-refractivity contribution in [1.29, 1.82) is 5.26 Å². The highest BCUT2D eigenvalue weighted by Crippen LogP contribution is 2.14. The fourth-order valence-corrected chi connectivity index (χ4v) is 0.912. The monoisotopic (exact) mass is 243 g/mol. The average Bonchev–Trinajstić information content (AvgIpc) is 2.17. The SMILES string of the molecule is N#CC(O)C(O)c1cnc(Br)cn1. The van der Waals surface area contributed by atoms with Crippen molar-refractivity contribution in [3.05, 3.63) is 22.7 Å². The molecule has 0 aromatic carbocycles. The van der Waals surface area contributed by atoms with E-state index in [0.717, 1.165) is 0 Å². The Morgan fingerprint density at radius 3 is 2.54 bits per heavy atom. The first-order valence-corrected chi connectivity index (χ1v) is 4.17. The van der Waals surface area contributed by atoms with E-state index >= 15 is 0 Å². The molecule has 0 aliphatic carbocycles. The maximum absolute atomic E-state index is 9.29. The number of rotatable bonds is 2. The van der Waals surface area contributed by atoms with E-state index in [1.54, 1.807) is 0 Å². The molecule has 13 heavy (non-hydrogen) atoms. The fourth-order valence-electron chi connectivity index (χ4n) is 0.707. The Labute approximate surface area is 82.8 Å². The average molecular weight is 244 g/mol. The lowest BCUT2D eigenvalue weighted by molar-refractivity contribution is 0.0496. The lowest BCUT2D eigenvalue weighted by atomic mass is 10.2. The smallest absolute Gasteiger partial charge is 0.172 e. The zero-order chi connectivity index (χ0) is 9.84. The molecule has 0 spiro atoms. The van der Waals surface area contributed by atoms with Gasteiger partial charge in [-0.1, -0.05) is 0 Å². The molecule has 0 aliphatic heterocycles. The van der Waals surface area contributed by atoms with Crippen molar-refractivity contribution in [2.75, 3.05) is 0 Å². The van der Waals surface area contributed by atoms with Crippen molar-refractivity contribution >= 4 is 15.9 Å². The first-order chi connectivity index (χ1) is 6.15. The number of hydrogen-bond acceptors (Lipinski definition) is 5. The van der Waals surface area contributed by atoms with Gasteiger partial charge in [-0.15, -0.1) is 0 Å². The Hall–Kier alpha value is -1.03. The summed E-state index contributed by atoms with van der Waals surface area (Å²) in [6.45, 7) is 0. The summed E-state index contributed by atoms with van der Waals surface area (Å²) < 4.78 is 0.523. The number of nitrogens with zero attached hydrogens (tertiary/aromatic N) is 3. The predicted molar refractivity (Wildman–Crippen MR) is 46.3 cm³/mol. The van der Waals surface area contributed by atoms with Gasteiger partial charge in [0.2, 0.25) is 0 Å². The number of halogens is 1. The first-order valence-electron chi connectivity index (χ1n) is 3.38. The molecule has 68 valence electrons. The summed E-state index contributed by atoms with van der Waals surface area (Å²) in [5, 5.41) is 26.6. The van der Waals surface area contributed by atoms with E-state index in [9.17, 15) is 5.11 Å². The molecule has 5 nitrogen and oxygen atoms in total. The van der Waals surface area contributed by atoms with Crippen LogP contribution in [0.3, 0.4) is 0 Å². The van der Waals surface area contributed by atoms with Crippen LogP contribution in [0.1, 0.15) is 11.8 Å². The van der Waals surface area contributed by atoms with Crippen LogP contribution in [0.25, 0.3) is 0 Å². The van der Waals surface area contributed by atoms with Crippen molar-refractivity contribution in [2.45, 2.75) is 12.2 Å². The summed E-state index contributed by atoms with van der Waals surface area (Å²) in [5.41, 5.74) is 0.164. The maximum Gasteiger partial charge on any atom is 0.172 e. The first kappa shape index (κ1) is 10.1. The molecule has 0 amide bonds. The Morgan fingerprint density at radius 2 is 2.08 bits per heavy atom. The number of nitriles is 1. The summed E-state index contributed by atoms with van der Waals surface area (Å²) in [6.07, 6.45) is -0.126. The van der Waals surface area contributed by atoms with Crippen LogP contribution in [0.5, 0.6) is 0 Å². The van der Waals surface area contributed by atoms with Gasteiger partial charge in [0.15, 0.2) is 6.10 Å². The maximum atomic E-state index is 9.29. The third kappa shape index (κ3) is 2.45. The van der Waals surface area contributed by atoms with E-state index in [2.05, 4.69) is 25.9 Å². The van der Waals surface area contributed by atoms with Crippen LogP contribution in [-0.4, -0.2) is 26.3 Å². The molecule has 0 bridgehead atoms. The Kier molecular flexibility index (Phi) is 3.31. The van der Waals surface area contributed by atoms with Crippen LogP contribution in [0.2, 0.25) is 0 Å². The normalized spacial score (nSPS) is 14.6. The second-order valence-corrected chi connectivity index (χ2v) is 3.10. The summed E-state index contributed by atoms with van der Waals surface area (Å²) in [4.78, 5) is 7.57. The Bertz CT molecular complexity index is 322. The molecular weight excluding hydrogens is 238 g/mol. The third-order valence-electron chi connectivity index (χ3n) is 1.37. The predicted octanol–water partition coefficient (Wildman–Crippen LogP) is 0.157. The molecule has 1 aromatic rings. The minimum Gasteiger partial charge on any atom is -0.383 e. The van der Waals surface area contributed by atoms with Crippen LogP contribution < -0.4 is 0 Å². The van der Waals surface area contributed by atoms with E-state index in [-0.39, 0.29) is 5.69 Å². The van der Waals surface area contributed by atoms with Crippen molar-refractivity contribution < 1.29 is 10.2 Å². The molecule has 0 saturated carbocycles. The van der Waals surface area contributed by atoms with E-state index in [1.165, 1.54) is 18.5 Å². The number of aliphatic hydroxyl groups excluding tert-OH is 2. The van der Waals surface area contributed by atoms with E-state index < -0.39 is 12.2 Å². The lowest BCUT2D eigenvalue weighted by Gasteiger charge is -2.09. The highest BCUT2D eigenvalue weighted by molar-refractivity contribution is 9.10. The summed E-state index contributed by atoms with van der Waals surface area (Å²) in [5.74, 6) is 0. The second kappa shape index (κ2) is 4.28. The minimum absolute atomic E-state index is 0.164. The highest BCUT2D eigenvalue weighted by Gasteiger charge is 2.18. The molecule has 2 N–H and O–H groups in total.